The molecule has 2 aromatic rings. The molecule has 0 bridgehead atoms. The lowest BCUT2D eigenvalue weighted by atomic mass is 10.2. The summed E-state index contributed by atoms with van der Waals surface area (Å²) in [5.41, 5.74) is 2.51. The molecule has 0 fully saturated rings. The number of aromatic nitrogens is 1. The van der Waals surface area contributed by atoms with Crippen molar-refractivity contribution in [2.24, 2.45) is 4.99 Å². The average Bonchev–Trinajstić information content (AvgIpc) is 2.58. The first-order valence-corrected chi connectivity index (χ1v) is 9.15. The molecule has 114 valence electrons. The molecule has 1 aromatic carbocycles. The van der Waals surface area contributed by atoms with Crippen LogP contribution in [0.2, 0.25) is 0 Å². The van der Waals surface area contributed by atoms with Crippen LogP contribution in [0.1, 0.15) is 17.5 Å². The Morgan fingerprint density at radius 1 is 1.09 bits per heavy atom. The van der Waals surface area contributed by atoms with Crippen LogP contribution in [0.25, 0.3) is 0 Å². The normalized spacial score (nSPS) is 14.5. The van der Waals surface area contributed by atoms with Gasteiger partial charge in [-0.2, -0.15) is 0 Å². The monoisotopic (exact) mass is 375 g/mol. The lowest BCUT2D eigenvalue weighted by Crippen LogP contribution is -2.30. The molecule has 3 nitrogen and oxygen atoms in total. The second kappa shape index (κ2) is 7.79. The Hall–Kier alpha value is -1.33. The Morgan fingerprint density at radius 3 is 2.59 bits per heavy atom. The van der Waals surface area contributed by atoms with Crippen LogP contribution < -0.4 is 0 Å². The molecule has 3 rings (SSSR count). The smallest absolute Gasteiger partial charge is 0.159 e. The zero-order valence-electron chi connectivity index (χ0n) is 12.3. The number of benzene rings is 1. The van der Waals surface area contributed by atoms with Gasteiger partial charge in [0.15, 0.2) is 5.17 Å². The highest BCUT2D eigenvalue weighted by molar-refractivity contribution is 9.10. The molecule has 1 aliphatic rings. The summed E-state index contributed by atoms with van der Waals surface area (Å²) in [5, 5.41) is 1.15. The summed E-state index contributed by atoms with van der Waals surface area (Å²) < 4.78 is 1.11. The van der Waals surface area contributed by atoms with Crippen molar-refractivity contribution < 1.29 is 0 Å². The molecule has 1 aromatic heterocycles. The number of aliphatic imine (C=N–C) groups is 1. The van der Waals surface area contributed by atoms with Crippen LogP contribution in [0.15, 0.2) is 58.3 Å². The zero-order chi connectivity index (χ0) is 15.2. The van der Waals surface area contributed by atoms with Gasteiger partial charge >= 0.3 is 0 Å². The number of rotatable bonds is 4. The second-order valence-corrected chi connectivity index (χ2v) is 7.19. The lowest BCUT2D eigenvalue weighted by Gasteiger charge is -2.27. The molecule has 2 heterocycles. The largest absolute Gasteiger partial charge is 0.343 e. The third-order valence-corrected chi connectivity index (χ3v) is 5.10. The van der Waals surface area contributed by atoms with Crippen molar-refractivity contribution in [2.75, 3.05) is 12.3 Å². The molecule has 0 saturated carbocycles. The van der Waals surface area contributed by atoms with Crippen LogP contribution in [-0.2, 0) is 13.1 Å². The number of halogens is 1. The van der Waals surface area contributed by atoms with Gasteiger partial charge in [-0.05, 0) is 35.7 Å². The SMILES string of the molecule is Brc1ccc(CN(Cc2cccnc2)C2=NCCCS2)cc1. The third-order valence-electron chi connectivity index (χ3n) is 3.43. The highest BCUT2D eigenvalue weighted by Crippen LogP contribution is 2.21. The number of nitrogens with zero attached hydrogens (tertiary/aromatic N) is 3. The summed E-state index contributed by atoms with van der Waals surface area (Å²) in [4.78, 5) is 11.3. The number of hydrogen-bond donors (Lipinski definition) is 0. The average molecular weight is 376 g/mol. The number of amidine groups is 1. The molecule has 5 heteroatoms. The number of thioether (sulfide) groups is 1. The van der Waals surface area contributed by atoms with Crippen LogP contribution in [-0.4, -0.2) is 27.3 Å². The Bertz CT molecular complexity index is 628. The minimum atomic E-state index is 0.843. The Labute approximate surface area is 144 Å². The first-order chi connectivity index (χ1) is 10.8. The summed E-state index contributed by atoms with van der Waals surface area (Å²) in [6.45, 7) is 2.65. The van der Waals surface area contributed by atoms with Crippen LogP contribution >= 0.6 is 27.7 Å². The fourth-order valence-corrected chi connectivity index (χ4v) is 3.57. The van der Waals surface area contributed by atoms with E-state index in [1.807, 2.05) is 30.2 Å². The predicted molar refractivity (Wildman–Crippen MR) is 97.0 cm³/mol. The number of pyridine rings is 1. The maximum absolute atomic E-state index is 4.72. The van der Waals surface area contributed by atoms with Crippen molar-refractivity contribution in [1.82, 2.24) is 9.88 Å². The van der Waals surface area contributed by atoms with Crippen LogP contribution in [0.4, 0.5) is 0 Å². The van der Waals surface area contributed by atoms with E-state index in [4.69, 9.17) is 4.99 Å². The van der Waals surface area contributed by atoms with E-state index >= 15 is 0 Å². The molecular formula is C17H18BrN3S. The molecule has 0 radical (unpaired) electrons. The molecule has 0 spiro atoms. The van der Waals surface area contributed by atoms with Gasteiger partial charge in [-0.3, -0.25) is 9.98 Å². The molecule has 1 aliphatic heterocycles. The van der Waals surface area contributed by atoms with E-state index in [0.717, 1.165) is 35.0 Å². The molecule has 0 N–H and O–H groups in total. The van der Waals surface area contributed by atoms with E-state index < -0.39 is 0 Å². The molecular weight excluding hydrogens is 358 g/mol. The Balaban J connectivity index is 1.79. The van der Waals surface area contributed by atoms with E-state index in [1.54, 1.807) is 0 Å². The van der Waals surface area contributed by atoms with E-state index in [-0.39, 0.29) is 0 Å². The topological polar surface area (TPSA) is 28.5 Å². The van der Waals surface area contributed by atoms with Gasteiger partial charge in [0.1, 0.15) is 0 Å². The predicted octanol–water partition coefficient (Wildman–Crippen LogP) is 4.34. The van der Waals surface area contributed by atoms with Gasteiger partial charge in [-0.25, -0.2) is 0 Å². The summed E-state index contributed by atoms with van der Waals surface area (Å²) in [6.07, 6.45) is 4.92. The van der Waals surface area contributed by atoms with Gasteiger partial charge in [-0.15, -0.1) is 0 Å². The zero-order valence-corrected chi connectivity index (χ0v) is 14.7. The lowest BCUT2D eigenvalue weighted by molar-refractivity contribution is 0.412. The summed E-state index contributed by atoms with van der Waals surface area (Å²) >= 11 is 5.35. The highest BCUT2D eigenvalue weighted by Gasteiger charge is 2.16. The van der Waals surface area contributed by atoms with Crippen molar-refractivity contribution in [2.45, 2.75) is 19.5 Å². The fraction of sp³-hybridized carbons (Fsp3) is 0.294. The molecule has 22 heavy (non-hydrogen) atoms. The summed E-state index contributed by atoms with van der Waals surface area (Å²) in [5.74, 6) is 1.16. The summed E-state index contributed by atoms with van der Waals surface area (Å²) in [6, 6.07) is 12.6. The molecule has 0 aliphatic carbocycles. The van der Waals surface area contributed by atoms with Crippen molar-refractivity contribution in [1.29, 1.82) is 0 Å². The van der Waals surface area contributed by atoms with Crippen LogP contribution in [0.3, 0.4) is 0 Å². The number of hydrogen-bond acceptors (Lipinski definition) is 4. The van der Waals surface area contributed by atoms with Gasteiger partial charge in [0.05, 0.1) is 0 Å². The quantitative estimate of drug-likeness (QED) is 0.795. The second-order valence-electron chi connectivity index (χ2n) is 5.21. The first kappa shape index (κ1) is 15.6. The van der Waals surface area contributed by atoms with Crippen molar-refractivity contribution >= 4 is 32.9 Å². The Kier molecular flexibility index (Phi) is 5.51. The molecule has 0 atom stereocenters. The van der Waals surface area contributed by atoms with E-state index in [9.17, 15) is 0 Å². The van der Waals surface area contributed by atoms with Gasteiger partial charge in [0, 0.05) is 42.3 Å². The maximum atomic E-state index is 4.72. The van der Waals surface area contributed by atoms with Gasteiger partial charge < -0.3 is 4.90 Å². The van der Waals surface area contributed by atoms with Crippen molar-refractivity contribution in [3.8, 4) is 0 Å². The van der Waals surface area contributed by atoms with Gasteiger partial charge in [0.25, 0.3) is 0 Å². The highest BCUT2D eigenvalue weighted by atomic mass is 79.9. The third kappa shape index (κ3) is 4.34. The van der Waals surface area contributed by atoms with Gasteiger partial charge in [-0.1, -0.05) is 45.9 Å². The molecule has 0 unspecified atom stereocenters. The van der Waals surface area contributed by atoms with Crippen molar-refractivity contribution in [3.63, 3.8) is 0 Å². The van der Waals surface area contributed by atoms with Crippen LogP contribution in [0, 0.1) is 0 Å². The fourth-order valence-electron chi connectivity index (χ4n) is 2.35. The standard InChI is InChI=1S/C17H18BrN3S/c18-16-6-4-14(5-7-16)12-21(17-20-9-2-10-22-17)13-15-3-1-8-19-11-15/h1,3-8,11H,2,9-10,12-13H2. The van der Waals surface area contributed by atoms with E-state index in [1.165, 1.54) is 17.5 Å². The minimum absolute atomic E-state index is 0.843. The van der Waals surface area contributed by atoms with Crippen molar-refractivity contribution in [3.05, 3.63) is 64.4 Å². The maximum Gasteiger partial charge on any atom is 0.159 e. The Morgan fingerprint density at radius 2 is 1.91 bits per heavy atom. The molecule has 0 amide bonds. The molecule has 0 saturated heterocycles. The minimum Gasteiger partial charge on any atom is -0.343 e. The van der Waals surface area contributed by atoms with E-state index in [2.05, 4.69) is 56.1 Å². The summed E-state index contributed by atoms with van der Waals surface area (Å²) in [7, 11) is 0. The first-order valence-electron chi connectivity index (χ1n) is 7.37. The van der Waals surface area contributed by atoms with Gasteiger partial charge in [0.2, 0.25) is 0 Å². The van der Waals surface area contributed by atoms with E-state index in [0.29, 0.717) is 0 Å². The van der Waals surface area contributed by atoms with Crippen LogP contribution in [0.5, 0.6) is 0 Å².